The lowest BCUT2D eigenvalue weighted by Gasteiger charge is -2.01. The Kier molecular flexibility index (Phi) is 2.48. The minimum absolute atomic E-state index is 0.0885. The lowest BCUT2D eigenvalue weighted by Crippen LogP contribution is -2.08. The van der Waals surface area contributed by atoms with Gasteiger partial charge in [-0.3, -0.25) is 0 Å². The Morgan fingerprint density at radius 2 is 2.33 bits per heavy atom. The molecule has 1 aromatic heterocycles. The van der Waals surface area contributed by atoms with E-state index in [4.69, 9.17) is 5.11 Å². The number of hydrogen-bond acceptors (Lipinski definition) is 2. The van der Waals surface area contributed by atoms with Crippen LogP contribution < -0.4 is 0 Å². The van der Waals surface area contributed by atoms with Crippen molar-refractivity contribution >= 4 is 32.9 Å². The fraction of sp³-hybridized carbons (Fsp3) is 0.200. The number of nitrogens with zero attached hydrogens (tertiary/aromatic N) is 2. The van der Waals surface area contributed by atoms with Crippen molar-refractivity contribution in [2.45, 2.75) is 13.5 Å². The van der Waals surface area contributed by atoms with Gasteiger partial charge in [0.25, 0.3) is 0 Å². The van der Waals surface area contributed by atoms with Gasteiger partial charge in [-0.15, -0.1) is 0 Å². The van der Waals surface area contributed by atoms with Crippen molar-refractivity contribution in [2.24, 2.45) is 0 Å². The molecule has 0 amide bonds. The first-order valence-corrected chi connectivity index (χ1v) is 5.32. The Morgan fingerprint density at radius 3 is 2.93 bits per heavy atom. The molecule has 0 spiro atoms. The van der Waals surface area contributed by atoms with E-state index in [0.29, 0.717) is 12.1 Å². The Morgan fingerprint density at radius 1 is 1.60 bits per heavy atom. The second-order valence-corrected chi connectivity index (χ2v) is 4.03. The Labute approximate surface area is 94.7 Å². The maximum atomic E-state index is 10.9. The number of fused-ring (bicyclic) bond motifs is 1. The molecule has 5 heteroatoms. The van der Waals surface area contributed by atoms with Gasteiger partial charge in [0.2, 0.25) is 5.82 Å². The molecule has 1 heterocycles. The van der Waals surface area contributed by atoms with Crippen molar-refractivity contribution in [3.05, 3.63) is 28.5 Å². The number of carboxylic acid groups (broad SMARTS) is 1. The van der Waals surface area contributed by atoms with E-state index in [1.54, 1.807) is 4.57 Å². The lowest BCUT2D eigenvalue weighted by molar-refractivity contribution is 0.0679. The number of rotatable bonds is 2. The molecule has 15 heavy (non-hydrogen) atoms. The van der Waals surface area contributed by atoms with Gasteiger partial charge in [0.15, 0.2) is 0 Å². The molecular formula is C10H9BrN2O2. The molecule has 0 saturated heterocycles. The number of carbonyl (C=O) groups is 1. The molecule has 1 aromatic carbocycles. The van der Waals surface area contributed by atoms with Crippen molar-refractivity contribution in [1.82, 2.24) is 9.55 Å². The summed E-state index contributed by atoms with van der Waals surface area (Å²) in [6.07, 6.45) is 0. The SMILES string of the molecule is CCn1c(C(=O)O)nc2cc(Br)ccc21. The minimum atomic E-state index is -0.996. The first-order valence-electron chi connectivity index (χ1n) is 4.52. The van der Waals surface area contributed by atoms with Gasteiger partial charge in [-0.2, -0.15) is 0 Å². The maximum absolute atomic E-state index is 10.9. The van der Waals surface area contributed by atoms with Gasteiger partial charge < -0.3 is 9.67 Å². The zero-order chi connectivity index (χ0) is 11.0. The minimum Gasteiger partial charge on any atom is -0.475 e. The topological polar surface area (TPSA) is 55.1 Å². The molecule has 78 valence electrons. The van der Waals surface area contributed by atoms with Crippen LogP contribution in [0.1, 0.15) is 17.5 Å². The van der Waals surface area contributed by atoms with Crippen molar-refractivity contribution < 1.29 is 9.90 Å². The van der Waals surface area contributed by atoms with Crippen LogP contribution >= 0.6 is 15.9 Å². The molecule has 2 rings (SSSR count). The predicted molar refractivity (Wildman–Crippen MR) is 60.1 cm³/mol. The van der Waals surface area contributed by atoms with Crippen molar-refractivity contribution in [3.63, 3.8) is 0 Å². The Balaban J connectivity index is 2.78. The van der Waals surface area contributed by atoms with Crippen LogP contribution in [0.3, 0.4) is 0 Å². The van der Waals surface area contributed by atoms with E-state index in [0.717, 1.165) is 9.99 Å². The van der Waals surface area contributed by atoms with Gasteiger partial charge in [0.1, 0.15) is 0 Å². The average Bonchev–Trinajstić information content (AvgIpc) is 2.55. The smallest absolute Gasteiger partial charge is 0.372 e. The molecule has 0 saturated carbocycles. The maximum Gasteiger partial charge on any atom is 0.372 e. The van der Waals surface area contributed by atoms with Crippen LogP contribution in [0.2, 0.25) is 0 Å². The highest BCUT2D eigenvalue weighted by Crippen LogP contribution is 2.20. The van der Waals surface area contributed by atoms with Gasteiger partial charge in [-0.1, -0.05) is 15.9 Å². The monoisotopic (exact) mass is 268 g/mol. The number of aryl methyl sites for hydroxylation is 1. The van der Waals surface area contributed by atoms with Crippen LogP contribution in [-0.2, 0) is 6.54 Å². The van der Waals surface area contributed by atoms with Gasteiger partial charge in [-0.25, -0.2) is 9.78 Å². The molecule has 4 nitrogen and oxygen atoms in total. The number of halogens is 1. The standard InChI is InChI=1S/C10H9BrN2O2/c1-2-13-8-4-3-6(11)5-7(8)12-9(13)10(14)15/h3-5H,2H2,1H3,(H,14,15). The molecule has 0 fully saturated rings. The summed E-state index contributed by atoms with van der Waals surface area (Å²) in [7, 11) is 0. The molecule has 0 unspecified atom stereocenters. The number of hydrogen-bond donors (Lipinski definition) is 1. The third kappa shape index (κ3) is 1.63. The number of imidazole rings is 1. The third-order valence-electron chi connectivity index (χ3n) is 2.22. The fourth-order valence-corrected chi connectivity index (χ4v) is 1.94. The van der Waals surface area contributed by atoms with Gasteiger partial charge >= 0.3 is 5.97 Å². The molecule has 0 radical (unpaired) electrons. The molecule has 2 aromatic rings. The summed E-state index contributed by atoms with van der Waals surface area (Å²) in [5.41, 5.74) is 1.54. The van der Waals surface area contributed by atoms with E-state index < -0.39 is 5.97 Å². The van der Waals surface area contributed by atoms with E-state index in [-0.39, 0.29) is 5.82 Å². The van der Waals surface area contributed by atoms with Crippen molar-refractivity contribution in [3.8, 4) is 0 Å². The second-order valence-electron chi connectivity index (χ2n) is 3.12. The summed E-state index contributed by atoms with van der Waals surface area (Å²) in [4.78, 5) is 15.0. The molecule has 1 N–H and O–H groups in total. The number of aromatic nitrogens is 2. The lowest BCUT2D eigenvalue weighted by atomic mass is 10.3. The highest BCUT2D eigenvalue weighted by atomic mass is 79.9. The summed E-state index contributed by atoms with van der Waals surface area (Å²) >= 11 is 3.33. The van der Waals surface area contributed by atoms with Gasteiger partial charge in [-0.05, 0) is 25.1 Å². The Bertz CT molecular complexity index is 533. The van der Waals surface area contributed by atoms with Crippen molar-refractivity contribution in [1.29, 1.82) is 0 Å². The largest absolute Gasteiger partial charge is 0.475 e. The first-order chi connectivity index (χ1) is 7.13. The van der Waals surface area contributed by atoms with Crippen LogP contribution in [0.5, 0.6) is 0 Å². The van der Waals surface area contributed by atoms with E-state index in [2.05, 4.69) is 20.9 Å². The third-order valence-corrected chi connectivity index (χ3v) is 2.71. The zero-order valence-corrected chi connectivity index (χ0v) is 9.65. The van der Waals surface area contributed by atoms with Crippen LogP contribution in [0.25, 0.3) is 11.0 Å². The normalized spacial score (nSPS) is 10.8. The summed E-state index contributed by atoms with van der Waals surface area (Å²) in [6.45, 7) is 2.50. The quantitative estimate of drug-likeness (QED) is 0.911. The van der Waals surface area contributed by atoms with E-state index >= 15 is 0 Å². The molecule has 0 aliphatic carbocycles. The Hall–Kier alpha value is -1.36. The highest BCUT2D eigenvalue weighted by Gasteiger charge is 2.15. The predicted octanol–water partition coefficient (Wildman–Crippen LogP) is 2.52. The van der Waals surface area contributed by atoms with Crippen LogP contribution in [0.15, 0.2) is 22.7 Å². The van der Waals surface area contributed by atoms with Crippen LogP contribution in [-0.4, -0.2) is 20.6 Å². The zero-order valence-electron chi connectivity index (χ0n) is 8.07. The second kappa shape index (κ2) is 3.66. The highest BCUT2D eigenvalue weighted by molar-refractivity contribution is 9.10. The average molecular weight is 269 g/mol. The number of benzene rings is 1. The summed E-state index contributed by atoms with van der Waals surface area (Å²) in [5, 5.41) is 8.97. The van der Waals surface area contributed by atoms with Gasteiger partial charge in [0, 0.05) is 11.0 Å². The molecule has 0 aliphatic heterocycles. The first kappa shape index (κ1) is 10.2. The molecular weight excluding hydrogens is 260 g/mol. The summed E-state index contributed by atoms with van der Waals surface area (Å²) in [6, 6.07) is 5.55. The number of carboxylic acids is 1. The summed E-state index contributed by atoms with van der Waals surface area (Å²) < 4.78 is 2.58. The molecule has 0 bridgehead atoms. The summed E-state index contributed by atoms with van der Waals surface area (Å²) in [5.74, 6) is -0.908. The van der Waals surface area contributed by atoms with Gasteiger partial charge in [0.05, 0.1) is 11.0 Å². The molecule has 0 atom stereocenters. The van der Waals surface area contributed by atoms with E-state index in [1.165, 1.54) is 0 Å². The van der Waals surface area contributed by atoms with E-state index in [1.807, 2.05) is 25.1 Å². The van der Waals surface area contributed by atoms with Crippen LogP contribution in [0, 0.1) is 0 Å². The fourth-order valence-electron chi connectivity index (χ4n) is 1.59. The molecule has 0 aliphatic rings. The van der Waals surface area contributed by atoms with Crippen molar-refractivity contribution in [2.75, 3.05) is 0 Å². The van der Waals surface area contributed by atoms with E-state index in [9.17, 15) is 4.79 Å². The number of aromatic carboxylic acids is 1. The van der Waals surface area contributed by atoms with Crippen LogP contribution in [0.4, 0.5) is 0 Å².